The van der Waals surface area contributed by atoms with E-state index in [-0.39, 0.29) is 6.04 Å². The Morgan fingerprint density at radius 1 is 1.10 bits per heavy atom. The lowest BCUT2D eigenvalue weighted by molar-refractivity contribution is 0.357. The second-order valence-corrected chi connectivity index (χ2v) is 4.96. The summed E-state index contributed by atoms with van der Waals surface area (Å²) in [6.45, 7) is 2.61. The van der Waals surface area contributed by atoms with Crippen molar-refractivity contribution in [1.82, 2.24) is 15.3 Å². The molecule has 0 spiro atoms. The van der Waals surface area contributed by atoms with Gasteiger partial charge in [0.1, 0.15) is 6.33 Å². The van der Waals surface area contributed by atoms with Crippen molar-refractivity contribution in [3.05, 3.63) is 46.7 Å². The first-order chi connectivity index (χ1) is 10.2. The maximum atomic E-state index is 5.90. The van der Waals surface area contributed by atoms with Crippen molar-refractivity contribution in [3.8, 4) is 11.8 Å². The van der Waals surface area contributed by atoms with Crippen LogP contribution in [0.2, 0.25) is 5.02 Å². The van der Waals surface area contributed by atoms with Gasteiger partial charge in [-0.15, -0.1) is 0 Å². The van der Waals surface area contributed by atoms with E-state index >= 15 is 0 Å². The van der Waals surface area contributed by atoms with Gasteiger partial charge in [0, 0.05) is 17.6 Å². The summed E-state index contributed by atoms with van der Waals surface area (Å²) in [6, 6.07) is 7.90. The van der Waals surface area contributed by atoms with Crippen LogP contribution in [0.5, 0.6) is 11.8 Å². The standard InChI is InChI=1S/C15H18ClN3O2/c1-10(11-4-6-12(16)7-5-11)17-8-13-14(20-2)18-9-19-15(13)21-3/h4-7,9-10,17H,8H2,1-3H3/t10-/m1/s1. The summed E-state index contributed by atoms with van der Waals surface area (Å²) in [6.07, 6.45) is 1.42. The summed E-state index contributed by atoms with van der Waals surface area (Å²) in [5.41, 5.74) is 1.94. The molecule has 0 amide bonds. The zero-order valence-electron chi connectivity index (χ0n) is 12.3. The molecule has 0 radical (unpaired) electrons. The zero-order chi connectivity index (χ0) is 15.2. The van der Waals surface area contributed by atoms with Crippen molar-refractivity contribution in [2.24, 2.45) is 0 Å². The molecule has 1 aromatic heterocycles. The van der Waals surface area contributed by atoms with Gasteiger partial charge in [0.05, 0.1) is 19.8 Å². The summed E-state index contributed by atoms with van der Waals surface area (Å²) < 4.78 is 10.5. The number of methoxy groups -OCH3 is 2. The Balaban J connectivity index is 2.10. The third-order valence-electron chi connectivity index (χ3n) is 3.21. The molecule has 1 aromatic carbocycles. The van der Waals surface area contributed by atoms with Crippen LogP contribution in [0.1, 0.15) is 24.1 Å². The number of halogens is 1. The highest BCUT2D eigenvalue weighted by molar-refractivity contribution is 6.30. The lowest BCUT2D eigenvalue weighted by Gasteiger charge is -2.16. The van der Waals surface area contributed by atoms with Gasteiger partial charge in [0.2, 0.25) is 11.8 Å². The van der Waals surface area contributed by atoms with E-state index < -0.39 is 0 Å². The number of hydrogen-bond donors (Lipinski definition) is 1. The van der Waals surface area contributed by atoms with Crippen molar-refractivity contribution < 1.29 is 9.47 Å². The maximum absolute atomic E-state index is 5.90. The first-order valence-corrected chi connectivity index (χ1v) is 6.94. The molecule has 6 heteroatoms. The second kappa shape index (κ2) is 7.24. The molecular weight excluding hydrogens is 290 g/mol. The summed E-state index contributed by atoms with van der Waals surface area (Å²) in [5, 5.41) is 4.13. The normalized spacial score (nSPS) is 12.0. The average molecular weight is 308 g/mol. The Kier molecular flexibility index (Phi) is 5.36. The molecule has 0 unspecified atom stereocenters. The van der Waals surface area contributed by atoms with Gasteiger partial charge in [-0.3, -0.25) is 0 Å². The molecule has 0 aliphatic rings. The molecule has 0 bridgehead atoms. The van der Waals surface area contributed by atoms with E-state index in [4.69, 9.17) is 21.1 Å². The largest absolute Gasteiger partial charge is 0.481 e. The molecule has 0 saturated heterocycles. The van der Waals surface area contributed by atoms with E-state index in [1.807, 2.05) is 24.3 Å². The predicted molar refractivity (Wildman–Crippen MR) is 81.8 cm³/mol. The van der Waals surface area contributed by atoms with Crippen LogP contribution >= 0.6 is 11.6 Å². The van der Waals surface area contributed by atoms with Crippen LogP contribution in [0.3, 0.4) is 0 Å². The topological polar surface area (TPSA) is 56.3 Å². The van der Waals surface area contributed by atoms with E-state index in [0.29, 0.717) is 18.3 Å². The van der Waals surface area contributed by atoms with Gasteiger partial charge in [-0.1, -0.05) is 23.7 Å². The van der Waals surface area contributed by atoms with E-state index in [0.717, 1.165) is 16.1 Å². The molecule has 112 valence electrons. The first-order valence-electron chi connectivity index (χ1n) is 6.56. The molecule has 0 aliphatic heterocycles. The van der Waals surface area contributed by atoms with Crippen molar-refractivity contribution in [1.29, 1.82) is 0 Å². The highest BCUT2D eigenvalue weighted by Gasteiger charge is 2.14. The zero-order valence-corrected chi connectivity index (χ0v) is 13.0. The molecule has 0 saturated carbocycles. The van der Waals surface area contributed by atoms with Crippen LogP contribution in [0.4, 0.5) is 0 Å². The van der Waals surface area contributed by atoms with Gasteiger partial charge in [-0.05, 0) is 24.6 Å². The van der Waals surface area contributed by atoms with Crippen molar-refractivity contribution in [3.63, 3.8) is 0 Å². The minimum Gasteiger partial charge on any atom is -0.481 e. The molecule has 1 atom stereocenters. The molecule has 5 nitrogen and oxygen atoms in total. The molecule has 0 aliphatic carbocycles. The number of nitrogens with zero attached hydrogens (tertiary/aromatic N) is 2. The fourth-order valence-electron chi connectivity index (χ4n) is 2.01. The Bertz CT molecular complexity index is 568. The quantitative estimate of drug-likeness (QED) is 0.889. The first kappa shape index (κ1) is 15.5. The van der Waals surface area contributed by atoms with Crippen LogP contribution in [0, 0.1) is 0 Å². The van der Waals surface area contributed by atoms with Gasteiger partial charge in [0.15, 0.2) is 0 Å². The van der Waals surface area contributed by atoms with Crippen molar-refractivity contribution >= 4 is 11.6 Å². The molecule has 21 heavy (non-hydrogen) atoms. The van der Waals surface area contributed by atoms with Crippen LogP contribution in [-0.4, -0.2) is 24.2 Å². The Morgan fingerprint density at radius 2 is 1.67 bits per heavy atom. The highest BCUT2D eigenvalue weighted by Crippen LogP contribution is 2.24. The number of ether oxygens (including phenoxy) is 2. The van der Waals surface area contributed by atoms with Gasteiger partial charge in [-0.2, -0.15) is 0 Å². The Labute approximate surface area is 129 Å². The number of hydrogen-bond acceptors (Lipinski definition) is 5. The summed E-state index contributed by atoms with van der Waals surface area (Å²) >= 11 is 5.90. The third-order valence-corrected chi connectivity index (χ3v) is 3.46. The summed E-state index contributed by atoms with van der Waals surface area (Å²) in [5.74, 6) is 1.02. The monoisotopic (exact) mass is 307 g/mol. The number of benzene rings is 1. The SMILES string of the molecule is COc1ncnc(OC)c1CN[C@H](C)c1ccc(Cl)cc1. The van der Waals surface area contributed by atoms with E-state index in [1.165, 1.54) is 6.33 Å². The molecular formula is C15H18ClN3O2. The van der Waals surface area contributed by atoms with Crippen LogP contribution in [0.15, 0.2) is 30.6 Å². The molecule has 2 aromatic rings. The average Bonchev–Trinajstić information content (AvgIpc) is 2.52. The van der Waals surface area contributed by atoms with E-state index in [9.17, 15) is 0 Å². The van der Waals surface area contributed by atoms with Crippen LogP contribution in [-0.2, 0) is 6.54 Å². The Morgan fingerprint density at radius 3 is 2.19 bits per heavy atom. The smallest absolute Gasteiger partial charge is 0.224 e. The van der Waals surface area contributed by atoms with Gasteiger partial charge in [-0.25, -0.2) is 9.97 Å². The third kappa shape index (κ3) is 3.83. The van der Waals surface area contributed by atoms with Gasteiger partial charge in [0.25, 0.3) is 0 Å². The fourth-order valence-corrected chi connectivity index (χ4v) is 2.13. The van der Waals surface area contributed by atoms with Crippen molar-refractivity contribution in [2.75, 3.05) is 14.2 Å². The molecule has 0 fully saturated rings. The predicted octanol–water partition coefficient (Wildman–Crippen LogP) is 3.00. The van der Waals surface area contributed by atoms with Crippen molar-refractivity contribution in [2.45, 2.75) is 19.5 Å². The van der Waals surface area contributed by atoms with Gasteiger partial charge >= 0.3 is 0 Å². The lowest BCUT2D eigenvalue weighted by Crippen LogP contribution is -2.19. The van der Waals surface area contributed by atoms with Gasteiger partial charge < -0.3 is 14.8 Å². The highest BCUT2D eigenvalue weighted by atomic mass is 35.5. The Hall–Kier alpha value is -1.85. The number of nitrogens with one attached hydrogen (secondary N) is 1. The lowest BCUT2D eigenvalue weighted by atomic mass is 10.1. The summed E-state index contributed by atoms with van der Waals surface area (Å²) in [4.78, 5) is 8.19. The summed E-state index contributed by atoms with van der Waals surface area (Å²) in [7, 11) is 3.15. The fraction of sp³-hybridized carbons (Fsp3) is 0.333. The van der Waals surface area contributed by atoms with Crippen LogP contribution in [0.25, 0.3) is 0 Å². The van der Waals surface area contributed by atoms with Crippen LogP contribution < -0.4 is 14.8 Å². The number of aromatic nitrogens is 2. The van der Waals surface area contributed by atoms with E-state index in [2.05, 4.69) is 22.2 Å². The molecule has 1 heterocycles. The second-order valence-electron chi connectivity index (χ2n) is 4.52. The minimum absolute atomic E-state index is 0.150. The van der Waals surface area contributed by atoms with E-state index in [1.54, 1.807) is 14.2 Å². The molecule has 2 rings (SSSR count). The minimum atomic E-state index is 0.150. The molecule has 1 N–H and O–H groups in total. The number of rotatable bonds is 6. The maximum Gasteiger partial charge on any atom is 0.224 e.